The van der Waals surface area contributed by atoms with Crippen molar-refractivity contribution in [3.63, 3.8) is 0 Å². The number of aromatic nitrogens is 4. The Morgan fingerprint density at radius 3 is 3.00 bits per heavy atom. The van der Waals surface area contributed by atoms with E-state index in [1.807, 2.05) is 41.9 Å². The van der Waals surface area contributed by atoms with E-state index in [0.717, 1.165) is 22.5 Å². The van der Waals surface area contributed by atoms with E-state index in [0.29, 0.717) is 6.54 Å². The third-order valence-corrected chi connectivity index (χ3v) is 2.41. The molecular formula is C11H10N4O. The Balaban J connectivity index is 2.00. The molecule has 16 heavy (non-hydrogen) atoms. The molecule has 0 aliphatic carbocycles. The molecule has 0 saturated carbocycles. The third kappa shape index (κ3) is 1.46. The Morgan fingerprint density at radius 2 is 2.19 bits per heavy atom. The van der Waals surface area contributed by atoms with Crippen LogP contribution in [0.15, 0.2) is 34.9 Å². The van der Waals surface area contributed by atoms with Gasteiger partial charge in [-0.2, -0.15) is 0 Å². The van der Waals surface area contributed by atoms with Crippen LogP contribution in [0, 0.1) is 6.92 Å². The first-order chi connectivity index (χ1) is 7.83. The maximum atomic E-state index is 5.01. The van der Waals surface area contributed by atoms with Gasteiger partial charge in [-0.05, 0) is 19.1 Å². The van der Waals surface area contributed by atoms with Gasteiger partial charge in [-0.1, -0.05) is 22.5 Å². The molecular weight excluding hydrogens is 204 g/mol. The van der Waals surface area contributed by atoms with Gasteiger partial charge in [-0.15, -0.1) is 5.10 Å². The summed E-state index contributed by atoms with van der Waals surface area (Å²) in [5, 5.41) is 12.1. The van der Waals surface area contributed by atoms with Crippen LogP contribution in [0.3, 0.4) is 0 Å². The minimum absolute atomic E-state index is 0.581. The lowest BCUT2D eigenvalue weighted by Crippen LogP contribution is -2.01. The number of rotatable bonds is 2. The van der Waals surface area contributed by atoms with Gasteiger partial charge in [0.15, 0.2) is 0 Å². The van der Waals surface area contributed by atoms with Crippen LogP contribution in [0.1, 0.15) is 11.5 Å². The first-order valence-corrected chi connectivity index (χ1v) is 5.03. The summed E-state index contributed by atoms with van der Waals surface area (Å²) in [5.74, 6) is 0.805. The number of benzene rings is 1. The highest BCUT2D eigenvalue weighted by atomic mass is 16.5. The van der Waals surface area contributed by atoms with Crippen molar-refractivity contribution in [3.05, 3.63) is 41.8 Å². The number of aryl methyl sites for hydroxylation is 1. The van der Waals surface area contributed by atoms with Gasteiger partial charge in [0.1, 0.15) is 17.0 Å². The smallest absolute Gasteiger partial charge is 0.133 e. The Kier molecular flexibility index (Phi) is 1.96. The van der Waals surface area contributed by atoms with E-state index >= 15 is 0 Å². The molecule has 0 spiro atoms. The molecule has 0 saturated heterocycles. The predicted molar refractivity (Wildman–Crippen MR) is 57.9 cm³/mol. The summed E-state index contributed by atoms with van der Waals surface area (Å²) in [7, 11) is 0. The summed E-state index contributed by atoms with van der Waals surface area (Å²) < 4.78 is 6.83. The van der Waals surface area contributed by atoms with E-state index in [2.05, 4.69) is 15.5 Å². The van der Waals surface area contributed by atoms with Gasteiger partial charge in [0.25, 0.3) is 0 Å². The Labute approximate surface area is 91.7 Å². The summed E-state index contributed by atoms with van der Waals surface area (Å²) in [6.07, 6.45) is 0. The zero-order valence-corrected chi connectivity index (χ0v) is 8.79. The van der Waals surface area contributed by atoms with Crippen molar-refractivity contribution in [3.8, 4) is 0 Å². The molecule has 80 valence electrons. The lowest BCUT2D eigenvalue weighted by molar-refractivity contribution is 0.388. The molecule has 0 N–H and O–H groups in total. The van der Waals surface area contributed by atoms with E-state index in [1.54, 1.807) is 0 Å². The Bertz CT molecular complexity index is 625. The van der Waals surface area contributed by atoms with Crippen molar-refractivity contribution in [2.24, 2.45) is 0 Å². The maximum Gasteiger partial charge on any atom is 0.133 e. The predicted octanol–water partition coefficient (Wildman–Crippen LogP) is 1.78. The molecule has 0 radical (unpaired) electrons. The molecule has 2 heterocycles. The summed E-state index contributed by atoms with van der Waals surface area (Å²) in [5.41, 5.74) is 2.75. The van der Waals surface area contributed by atoms with Crippen molar-refractivity contribution in [1.29, 1.82) is 0 Å². The summed E-state index contributed by atoms with van der Waals surface area (Å²) in [6, 6.07) is 9.74. The van der Waals surface area contributed by atoms with Crippen LogP contribution in [-0.2, 0) is 6.54 Å². The number of para-hydroxylation sites is 1. The van der Waals surface area contributed by atoms with Crippen LogP contribution in [0.4, 0.5) is 0 Å². The molecule has 3 rings (SSSR count). The lowest BCUT2D eigenvalue weighted by Gasteiger charge is -1.97. The van der Waals surface area contributed by atoms with Gasteiger partial charge in [-0.3, -0.25) is 0 Å². The molecule has 0 bridgehead atoms. The fraction of sp³-hybridized carbons (Fsp3) is 0.182. The maximum absolute atomic E-state index is 5.01. The van der Waals surface area contributed by atoms with Gasteiger partial charge in [0.2, 0.25) is 0 Å². The molecule has 0 atom stereocenters. The minimum atomic E-state index is 0.581. The molecule has 5 heteroatoms. The second-order valence-electron chi connectivity index (χ2n) is 3.66. The fourth-order valence-corrected chi connectivity index (χ4v) is 1.68. The van der Waals surface area contributed by atoms with E-state index < -0.39 is 0 Å². The molecule has 0 unspecified atom stereocenters. The average molecular weight is 214 g/mol. The molecule has 0 amide bonds. The van der Waals surface area contributed by atoms with Crippen LogP contribution in [0.25, 0.3) is 11.0 Å². The average Bonchev–Trinajstić information content (AvgIpc) is 2.87. The molecule has 1 aromatic carbocycles. The van der Waals surface area contributed by atoms with Crippen LogP contribution < -0.4 is 0 Å². The van der Waals surface area contributed by atoms with Crippen LogP contribution >= 0.6 is 0 Å². The second kappa shape index (κ2) is 3.44. The van der Waals surface area contributed by atoms with Gasteiger partial charge in [0, 0.05) is 6.07 Å². The van der Waals surface area contributed by atoms with Gasteiger partial charge >= 0.3 is 0 Å². The first kappa shape index (κ1) is 9.08. The van der Waals surface area contributed by atoms with Gasteiger partial charge in [0.05, 0.1) is 12.1 Å². The van der Waals surface area contributed by atoms with Gasteiger partial charge < -0.3 is 4.52 Å². The van der Waals surface area contributed by atoms with E-state index in [9.17, 15) is 0 Å². The standard InChI is InChI=1S/C11H10N4O/c1-8-6-9(13-16-8)7-15-11-5-3-2-4-10(11)12-14-15/h2-6H,7H2,1H3. The Hall–Kier alpha value is -2.17. The van der Waals surface area contributed by atoms with Crippen LogP contribution in [-0.4, -0.2) is 20.2 Å². The topological polar surface area (TPSA) is 56.7 Å². The zero-order valence-electron chi connectivity index (χ0n) is 8.79. The zero-order chi connectivity index (χ0) is 11.0. The molecule has 0 aliphatic rings. The first-order valence-electron chi connectivity index (χ1n) is 5.03. The Morgan fingerprint density at radius 1 is 1.31 bits per heavy atom. The normalized spacial score (nSPS) is 11.1. The van der Waals surface area contributed by atoms with Crippen molar-refractivity contribution in [1.82, 2.24) is 20.2 Å². The lowest BCUT2D eigenvalue weighted by atomic mass is 10.3. The SMILES string of the molecule is Cc1cc(Cn2nnc3ccccc32)no1. The molecule has 2 aromatic heterocycles. The number of fused-ring (bicyclic) bond motifs is 1. The highest BCUT2D eigenvalue weighted by molar-refractivity contribution is 5.73. The highest BCUT2D eigenvalue weighted by Gasteiger charge is 2.06. The molecule has 0 fully saturated rings. The molecule has 3 aromatic rings. The third-order valence-electron chi connectivity index (χ3n) is 2.41. The highest BCUT2D eigenvalue weighted by Crippen LogP contribution is 2.11. The monoisotopic (exact) mass is 214 g/mol. The largest absolute Gasteiger partial charge is 0.361 e. The number of hydrogen-bond donors (Lipinski definition) is 0. The molecule has 0 aliphatic heterocycles. The minimum Gasteiger partial charge on any atom is -0.361 e. The van der Waals surface area contributed by atoms with Crippen molar-refractivity contribution in [2.45, 2.75) is 13.5 Å². The summed E-state index contributed by atoms with van der Waals surface area (Å²) in [4.78, 5) is 0. The van der Waals surface area contributed by atoms with E-state index in [-0.39, 0.29) is 0 Å². The quantitative estimate of drug-likeness (QED) is 0.652. The number of hydrogen-bond acceptors (Lipinski definition) is 4. The summed E-state index contributed by atoms with van der Waals surface area (Å²) in [6.45, 7) is 2.45. The fourth-order valence-electron chi connectivity index (χ4n) is 1.68. The van der Waals surface area contributed by atoms with Crippen molar-refractivity contribution >= 4 is 11.0 Å². The second-order valence-corrected chi connectivity index (χ2v) is 3.66. The van der Waals surface area contributed by atoms with E-state index in [4.69, 9.17) is 4.52 Å². The van der Waals surface area contributed by atoms with Crippen LogP contribution in [0.2, 0.25) is 0 Å². The van der Waals surface area contributed by atoms with Crippen molar-refractivity contribution in [2.75, 3.05) is 0 Å². The summed E-state index contributed by atoms with van der Waals surface area (Å²) >= 11 is 0. The van der Waals surface area contributed by atoms with Crippen molar-refractivity contribution < 1.29 is 4.52 Å². The van der Waals surface area contributed by atoms with E-state index in [1.165, 1.54) is 0 Å². The van der Waals surface area contributed by atoms with Gasteiger partial charge in [-0.25, -0.2) is 4.68 Å². The van der Waals surface area contributed by atoms with Crippen LogP contribution in [0.5, 0.6) is 0 Å². The number of nitrogens with zero attached hydrogens (tertiary/aromatic N) is 4. The molecule has 5 nitrogen and oxygen atoms in total.